The first kappa shape index (κ1) is 20.6. The molecule has 2 aromatic rings. The van der Waals surface area contributed by atoms with E-state index in [1.807, 2.05) is 67.5 Å². The Morgan fingerprint density at radius 3 is 2.12 bits per heavy atom. The number of carbonyl (C=O) groups excluding carboxylic acids is 1. The van der Waals surface area contributed by atoms with Crippen molar-refractivity contribution in [1.82, 2.24) is 4.90 Å². The summed E-state index contributed by atoms with van der Waals surface area (Å²) >= 11 is 1.66. The lowest BCUT2D eigenvalue weighted by molar-refractivity contribution is 0.0692. The fraction of sp³-hybridized carbons (Fsp3) is 0.316. The third-order valence-corrected chi connectivity index (χ3v) is 4.88. The molecule has 5 nitrogen and oxygen atoms in total. The molecule has 0 saturated carbocycles. The highest BCUT2D eigenvalue weighted by Crippen LogP contribution is 2.47. The van der Waals surface area contributed by atoms with E-state index in [1.165, 1.54) is 0 Å². The van der Waals surface area contributed by atoms with E-state index in [0.29, 0.717) is 13.2 Å². The van der Waals surface area contributed by atoms with Gasteiger partial charge in [-0.1, -0.05) is 36.0 Å². The smallest absolute Gasteiger partial charge is 0.419 e. The van der Waals surface area contributed by atoms with Crippen LogP contribution in [-0.4, -0.2) is 51.5 Å². The van der Waals surface area contributed by atoms with Gasteiger partial charge < -0.3 is 14.4 Å². The van der Waals surface area contributed by atoms with Gasteiger partial charge in [0.1, 0.15) is 6.61 Å². The molecule has 1 aliphatic rings. The summed E-state index contributed by atoms with van der Waals surface area (Å²) in [4.78, 5) is 18.5. The van der Waals surface area contributed by atoms with Gasteiger partial charge in [-0.15, -0.1) is 12.4 Å². The summed E-state index contributed by atoms with van der Waals surface area (Å²) in [5, 5.41) is 0. The molecule has 26 heavy (non-hydrogen) atoms. The molecule has 0 fully saturated rings. The minimum absolute atomic E-state index is 0. The molecule has 140 valence electrons. The topological polar surface area (TPSA) is 42.0 Å². The molecule has 0 radical (unpaired) electrons. The molecule has 3 rings (SSSR count). The average Bonchev–Trinajstić information content (AvgIpc) is 2.62. The van der Waals surface area contributed by atoms with E-state index in [9.17, 15) is 4.79 Å². The Morgan fingerprint density at radius 2 is 1.54 bits per heavy atom. The maximum absolute atomic E-state index is 12.7. The van der Waals surface area contributed by atoms with Gasteiger partial charge in [-0.3, -0.25) is 0 Å². The molecule has 0 saturated heterocycles. The highest BCUT2D eigenvalue weighted by molar-refractivity contribution is 7.99. The summed E-state index contributed by atoms with van der Waals surface area (Å²) in [6, 6.07) is 15.7. The number of hydrogen-bond donors (Lipinski definition) is 0. The molecule has 2 aromatic carbocycles. The number of rotatable bonds is 6. The number of carbonyl (C=O) groups is 1. The molecule has 0 bridgehead atoms. The first-order valence-corrected chi connectivity index (χ1v) is 9.04. The van der Waals surface area contributed by atoms with Crippen molar-refractivity contribution in [3.8, 4) is 0 Å². The van der Waals surface area contributed by atoms with Crippen LogP contribution in [0.2, 0.25) is 0 Å². The Labute approximate surface area is 164 Å². The third-order valence-electron chi connectivity index (χ3n) is 3.75. The van der Waals surface area contributed by atoms with Crippen LogP contribution >= 0.6 is 24.2 Å². The Kier molecular flexibility index (Phi) is 7.78. The number of amides is 1. The summed E-state index contributed by atoms with van der Waals surface area (Å²) in [7, 11) is 3.99. The van der Waals surface area contributed by atoms with Gasteiger partial charge in [0.2, 0.25) is 0 Å². The number of halogens is 1. The number of anilines is 2. The van der Waals surface area contributed by atoms with Gasteiger partial charge in [-0.05, 0) is 38.4 Å². The fourth-order valence-corrected chi connectivity index (χ4v) is 3.56. The SMILES string of the molecule is CN(C)CCOCCOC(=O)N1c2ccccc2Sc2ccccc21.Cl. The second kappa shape index (κ2) is 9.83. The van der Waals surface area contributed by atoms with E-state index in [4.69, 9.17) is 9.47 Å². The van der Waals surface area contributed by atoms with E-state index in [1.54, 1.807) is 16.7 Å². The van der Waals surface area contributed by atoms with Crippen molar-refractivity contribution in [2.24, 2.45) is 0 Å². The summed E-state index contributed by atoms with van der Waals surface area (Å²) in [5.41, 5.74) is 1.70. The predicted octanol–water partition coefficient (Wildman–Crippen LogP) is 4.43. The number of hydrogen-bond acceptors (Lipinski definition) is 5. The minimum atomic E-state index is -0.378. The molecule has 0 atom stereocenters. The summed E-state index contributed by atoms with van der Waals surface area (Å²) in [5.74, 6) is 0. The van der Waals surface area contributed by atoms with Gasteiger partial charge >= 0.3 is 6.09 Å². The van der Waals surface area contributed by atoms with Crippen molar-refractivity contribution >= 4 is 41.6 Å². The lowest BCUT2D eigenvalue weighted by Gasteiger charge is -2.30. The quantitative estimate of drug-likeness (QED) is 0.678. The lowest BCUT2D eigenvalue weighted by Crippen LogP contribution is -2.30. The normalized spacial score (nSPS) is 12.2. The van der Waals surface area contributed by atoms with E-state index < -0.39 is 0 Å². The first-order valence-electron chi connectivity index (χ1n) is 8.22. The van der Waals surface area contributed by atoms with Gasteiger partial charge in [0.25, 0.3) is 0 Å². The zero-order chi connectivity index (χ0) is 17.6. The van der Waals surface area contributed by atoms with E-state index in [0.717, 1.165) is 27.7 Å². The second-order valence-corrected chi connectivity index (χ2v) is 6.99. The summed E-state index contributed by atoms with van der Waals surface area (Å²) in [6.45, 7) is 2.10. The molecule has 0 spiro atoms. The van der Waals surface area contributed by atoms with E-state index >= 15 is 0 Å². The molecule has 1 heterocycles. The number of likely N-dealkylation sites (N-methyl/N-ethyl adjacent to an activating group) is 1. The van der Waals surface area contributed by atoms with Crippen molar-refractivity contribution in [2.45, 2.75) is 9.79 Å². The van der Waals surface area contributed by atoms with Crippen molar-refractivity contribution in [3.63, 3.8) is 0 Å². The molecule has 1 aliphatic heterocycles. The zero-order valence-electron chi connectivity index (χ0n) is 14.9. The number of benzene rings is 2. The van der Waals surface area contributed by atoms with Crippen LogP contribution in [-0.2, 0) is 9.47 Å². The lowest BCUT2D eigenvalue weighted by atomic mass is 10.2. The molecule has 7 heteroatoms. The van der Waals surface area contributed by atoms with Crippen LogP contribution in [0.25, 0.3) is 0 Å². The Balaban J connectivity index is 0.00000243. The third kappa shape index (κ3) is 4.92. The number of para-hydroxylation sites is 2. The van der Waals surface area contributed by atoms with Gasteiger partial charge in [0.05, 0.1) is 24.6 Å². The summed E-state index contributed by atoms with van der Waals surface area (Å²) in [6.07, 6.45) is -0.378. The highest BCUT2D eigenvalue weighted by Gasteiger charge is 2.28. The highest BCUT2D eigenvalue weighted by atomic mass is 35.5. The molecular formula is C19H23ClN2O3S. The number of fused-ring (bicyclic) bond motifs is 2. The predicted molar refractivity (Wildman–Crippen MR) is 107 cm³/mol. The van der Waals surface area contributed by atoms with Gasteiger partial charge in [0.15, 0.2) is 0 Å². The molecule has 0 aromatic heterocycles. The van der Waals surface area contributed by atoms with Crippen LogP contribution < -0.4 is 4.90 Å². The van der Waals surface area contributed by atoms with E-state index in [-0.39, 0.29) is 25.1 Å². The van der Waals surface area contributed by atoms with E-state index in [2.05, 4.69) is 0 Å². The first-order chi connectivity index (χ1) is 12.2. The molecular weight excluding hydrogens is 372 g/mol. The maximum atomic E-state index is 12.7. The van der Waals surface area contributed by atoms with Crippen molar-refractivity contribution < 1.29 is 14.3 Å². The average molecular weight is 395 g/mol. The standard InChI is InChI=1S/C19H22N2O3S.ClH/c1-20(2)11-12-23-13-14-24-19(22)21-15-7-3-5-9-17(15)25-18-10-6-4-8-16(18)21;/h3-10H,11-14H2,1-2H3;1H. The monoisotopic (exact) mass is 394 g/mol. The van der Waals surface area contributed by atoms with Gasteiger partial charge in [0, 0.05) is 16.3 Å². The minimum Gasteiger partial charge on any atom is -0.446 e. The van der Waals surface area contributed by atoms with Gasteiger partial charge in [-0.2, -0.15) is 0 Å². The molecule has 0 unspecified atom stereocenters. The van der Waals surface area contributed by atoms with Crippen LogP contribution in [0.5, 0.6) is 0 Å². The zero-order valence-corrected chi connectivity index (χ0v) is 16.5. The number of nitrogens with zero attached hydrogens (tertiary/aromatic N) is 2. The fourth-order valence-electron chi connectivity index (χ4n) is 2.50. The molecule has 0 N–H and O–H groups in total. The molecule has 0 aliphatic carbocycles. The van der Waals surface area contributed by atoms with Crippen molar-refractivity contribution in [2.75, 3.05) is 45.4 Å². The maximum Gasteiger partial charge on any atom is 0.419 e. The second-order valence-electron chi connectivity index (χ2n) is 5.90. The van der Waals surface area contributed by atoms with Crippen LogP contribution in [0, 0.1) is 0 Å². The van der Waals surface area contributed by atoms with Crippen LogP contribution in [0.4, 0.5) is 16.2 Å². The molecule has 1 amide bonds. The largest absolute Gasteiger partial charge is 0.446 e. The van der Waals surface area contributed by atoms with Crippen molar-refractivity contribution in [3.05, 3.63) is 48.5 Å². The van der Waals surface area contributed by atoms with Crippen LogP contribution in [0.15, 0.2) is 58.3 Å². The Morgan fingerprint density at radius 1 is 0.962 bits per heavy atom. The van der Waals surface area contributed by atoms with Crippen LogP contribution in [0.3, 0.4) is 0 Å². The Bertz CT molecular complexity index is 697. The Hall–Kier alpha value is -1.73. The number of ether oxygens (including phenoxy) is 2. The van der Waals surface area contributed by atoms with Gasteiger partial charge in [-0.25, -0.2) is 9.69 Å². The summed E-state index contributed by atoms with van der Waals surface area (Å²) < 4.78 is 10.9. The van der Waals surface area contributed by atoms with Crippen LogP contribution in [0.1, 0.15) is 0 Å². The van der Waals surface area contributed by atoms with Crippen molar-refractivity contribution in [1.29, 1.82) is 0 Å².